The number of rotatable bonds is 3. The maximum absolute atomic E-state index is 12.9. The smallest absolute Gasteiger partial charge is 0.246 e. The van der Waals surface area contributed by atoms with Crippen LogP contribution in [-0.4, -0.2) is 25.6 Å². The van der Waals surface area contributed by atoms with Crippen molar-refractivity contribution in [3.8, 4) is 0 Å². The van der Waals surface area contributed by atoms with Crippen molar-refractivity contribution in [3.63, 3.8) is 0 Å². The van der Waals surface area contributed by atoms with Crippen LogP contribution in [0, 0.1) is 0 Å². The van der Waals surface area contributed by atoms with Gasteiger partial charge in [-0.05, 0) is 25.3 Å². The van der Waals surface area contributed by atoms with Crippen molar-refractivity contribution in [2.24, 2.45) is 0 Å². The number of aromatic nitrogens is 3. The number of hydrogen-bond acceptors (Lipinski definition) is 3. The Labute approximate surface area is 142 Å². The number of fused-ring (bicyclic) bond motifs is 1. The van der Waals surface area contributed by atoms with Gasteiger partial charge in [-0.3, -0.25) is 4.79 Å². The lowest BCUT2D eigenvalue weighted by atomic mass is 9.88. The van der Waals surface area contributed by atoms with Crippen molar-refractivity contribution in [2.45, 2.75) is 64.1 Å². The van der Waals surface area contributed by atoms with Crippen LogP contribution in [0.5, 0.6) is 0 Å². The molecule has 24 heavy (non-hydrogen) atoms. The minimum absolute atomic E-state index is 0.170. The lowest BCUT2D eigenvalue weighted by Gasteiger charge is -2.33. The Kier molecular flexibility index (Phi) is 4.08. The highest BCUT2D eigenvalue weighted by atomic mass is 16.2. The molecule has 1 fully saturated rings. The van der Waals surface area contributed by atoms with Crippen LogP contribution in [0.4, 0.5) is 0 Å². The molecule has 1 aromatic carbocycles. The minimum atomic E-state index is -0.204. The molecule has 2 aliphatic rings. The standard InChI is InChI=1S/C19H24N4O/c1-14-19(24)22(12-15-8-4-2-5-9-15)13-17-20-21-18(23(14)17)16-10-6-3-7-11-16/h2,4-5,8-9,14,16H,3,6-7,10-13H2,1H3/t14-/m0/s1. The van der Waals surface area contributed by atoms with E-state index in [0.29, 0.717) is 19.0 Å². The van der Waals surface area contributed by atoms with Gasteiger partial charge in [-0.25, -0.2) is 0 Å². The Bertz CT molecular complexity index is 718. The van der Waals surface area contributed by atoms with Crippen LogP contribution >= 0.6 is 0 Å². The molecule has 4 rings (SSSR count). The molecule has 0 radical (unpaired) electrons. The second kappa shape index (κ2) is 6.38. The third-order valence-corrected chi connectivity index (χ3v) is 5.37. The summed E-state index contributed by atoms with van der Waals surface area (Å²) in [5.41, 5.74) is 1.15. The van der Waals surface area contributed by atoms with Gasteiger partial charge in [-0.1, -0.05) is 49.6 Å². The maximum Gasteiger partial charge on any atom is 0.246 e. The molecule has 0 spiro atoms. The Morgan fingerprint density at radius 1 is 1.08 bits per heavy atom. The largest absolute Gasteiger partial charge is 0.329 e. The predicted molar refractivity (Wildman–Crippen MR) is 91.3 cm³/mol. The second-order valence-corrected chi connectivity index (χ2v) is 7.04. The Balaban J connectivity index is 1.59. The third kappa shape index (κ3) is 2.72. The van der Waals surface area contributed by atoms with Crippen LogP contribution in [0.2, 0.25) is 0 Å². The van der Waals surface area contributed by atoms with Gasteiger partial charge < -0.3 is 9.47 Å². The Hall–Kier alpha value is -2.17. The molecule has 5 nitrogen and oxygen atoms in total. The van der Waals surface area contributed by atoms with Crippen LogP contribution in [0.3, 0.4) is 0 Å². The van der Waals surface area contributed by atoms with Gasteiger partial charge in [-0.2, -0.15) is 0 Å². The van der Waals surface area contributed by atoms with Gasteiger partial charge in [0, 0.05) is 12.5 Å². The summed E-state index contributed by atoms with van der Waals surface area (Å²) < 4.78 is 2.11. The number of amides is 1. The average molecular weight is 324 g/mol. The zero-order valence-electron chi connectivity index (χ0n) is 14.2. The zero-order valence-corrected chi connectivity index (χ0v) is 14.2. The number of carbonyl (C=O) groups excluding carboxylic acids is 1. The van der Waals surface area contributed by atoms with E-state index in [-0.39, 0.29) is 11.9 Å². The Morgan fingerprint density at radius 2 is 1.83 bits per heavy atom. The van der Waals surface area contributed by atoms with Crippen molar-refractivity contribution in [1.82, 2.24) is 19.7 Å². The number of benzene rings is 1. The molecule has 2 aromatic rings. The summed E-state index contributed by atoms with van der Waals surface area (Å²) in [5.74, 6) is 2.60. The highest BCUT2D eigenvalue weighted by Crippen LogP contribution is 2.35. The van der Waals surface area contributed by atoms with Crippen LogP contribution in [0.25, 0.3) is 0 Å². The van der Waals surface area contributed by atoms with Gasteiger partial charge in [0.1, 0.15) is 11.9 Å². The molecule has 1 aliphatic carbocycles. The molecule has 0 unspecified atom stereocenters. The van der Waals surface area contributed by atoms with Crippen molar-refractivity contribution in [3.05, 3.63) is 47.5 Å². The first-order valence-corrected chi connectivity index (χ1v) is 9.00. The number of nitrogens with zero attached hydrogens (tertiary/aromatic N) is 4. The van der Waals surface area contributed by atoms with E-state index in [2.05, 4.69) is 26.9 Å². The topological polar surface area (TPSA) is 51.0 Å². The number of carbonyl (C=O) groups is 1. The van der Waals surface area contributed by atoms with Gasteiger partial charge >= 0.3 is 0 Å². The molecule has 0 N–H and O–H groups in total. The lowest BCUT2D eigenvalue weighted by molar-refractivity contribution is -0.137. The molecular weight excluding hydrogens is 300 g/mol. The summed E-state index contributed by atoms with van der Waals surface area (Å²) in [5, 5.41) is 8.91. The molecule has 1 atom stereocenters. The summed E-state index contributed by atoms with van der Waals surface area (Å²) in [6, 6.07) is 9.94. The van der Waals surface area contributed by atoms with Gasteiger partial charge in [0.15, 0.2) is 5.82 Å². The number of hydrogen-bond donors (Lipinski definition) is 0. The van der Waals surface area contributed by atoms with E-state index >= 15 is 0 Å². The molecule has 1 aliphatic heterocycles. The second-order valence-electron chi connectivity index (χ2n) is 7.04. The predicted octanol–water partition coefficient (Wildman–Crippen LogP) is 3.43. The van der Waals surface area contributed by atoms with Crippen molar-refractivity contribution < 1.29 is 4.79 Å². The first kappa shape index (κ1) is 15.4. The summed E-state index contributed by atoms with van der Waals surface area (Å²) in [7, 11) is 0. The van der Waals surface area contributed by atoms with E-state index in [4.69, 9.17) is 0 Å². The SMILES string of the molecule is C[C@H]1C(=O)N(Cc2ccccc2)Cc2nnc(C3CCCCC3)n21. The molecule has 2 heterocycles. The summed E-state index contributed by atoms with van der Waals surface area (Å²) in [6.45, 7) is 3.17. The van der Waals surface area contributed by atoms with E-state index in [1.807, 2.05) is 30.0 Å². The van der Waals surface area contributed by atoms with Gasteiger partial charge in [-0.15, -0.1) is 10.2 Å². The van der Waals surface area contributed by atoms with Gasteiger partial charge in [0.25, 0.3) is 0 Å². The molecule has 0 bridgehead atoms. The van der Waals surface area contributed by atoms with E-state index in [1.165, 1.54) is 32.1 Å². The summed E-state index contributed by atoms with van der Waals surface area (Å²) in [6.07, 6.45) is 6.18. The monoisotopic (exact) mass is 324 g/mol. The molecule has 1 saturated carbocycles. The van der Waals surface area contributed by atoms with Crippen molar-refractivity contribution in [2.75, 3.05) is 0 Å². The molecule has 1 amide bonds. The fourth-order valence-corrected chi connectivity index (χ4v) is 4.07. The fourth-order valence-electron chi connectivity index (χ4n) is 4.07. The first-order chi connectivity index (χ1) is 11.7. The fraction of sp³-hybridized carbons (Fsp3) is 0.526. The highest BCUT2D eigenvalue weighted by molar-refractivity contribution is 5.81. The van der Waals surface area contributed by atoms with Crippen LogP contribution < -0.4 is 0 Å². The lowest BCUT2D eigenvalue weighted by Crippen LogP contribution is -2.42. The Morgan fingerprint density at radius 3 is 2.58 bits per heavy atom. The summed E-state index contributed by atoms with van der Waals surface area (Å²) >= 11 is 0. The molecule has 126 valence electrons. The van der Waals surface area contributed by atoms with Crippen molar-refractivity contribution >= 4 is 5.91 Å². The maximum atomic E-state index is 12.9. The highest BCUT2D eigenvalue weighted by Gasteiger charge is 2.35. The normalized spacial score (nSPS) is 21.8. The third-order valence-electron chi connectivity index (χ3n) is 5.37. The van der Waals surface area contributed by atoms with E-state index in [0.717, 1.165) is 17.2 Å². The van der Waals surface area contributed by atoms with Crippen LogP contribution in [0.15, 0.2) is 30.3 Å². The molecular formula is C19H24N4O. The van der Waals surface area contributed by atoms with Crippen molar-refractivity contribution in [1.29, 1.82) is 0 Å². The van der Waals surface area contributed by atoms with E-state index in [1.54, 1.807) is 0 Å². The van der Waals surface area contributed by atoms with E-state index in [9.17, 15) is 4.79 Å². The minimum Gasteiger partial charge on any atom is -0.329 e. The quantitative estimate of drug-likeness (QED) is 0.869. The molecule has 5 heteroatoms. The molecule has 1 aromatic heterocycles. The average Bonchev–Trinajstić information content (AvgIpc) is 3.05. The van der Waals surface area contributed by atoms with Crippen LogP contribution in [0.1, 0.15) is 68.2 Å². The van der Waals surface area contributed by atoms with E-state index < -0.39 is 0 Å². The molecule has 0 saturated heterocycles. The first-order valence-electron chi connectivity index (χ1n) is 9.00. The summed E-state index contributed by atoms with van der Waals surface area (Å²) in [4.78, 5) is 14.8. The van der Waals surface area contributed by atoms with Crippen LogP contribution in [-0.2, 0) is 17.9 Å². The van der Waals surface area contributed by atoms with Gasteiger partial charge in [0.05, 0.1) is 6.54 Å². The zero-order chi connectivity index (χ0) is 16.5. The van der Waals surface area contributed by atoms with Gasteiger partial charge in [0.2, 0.25) is 5.91 Å².